The molecule has 18 heavy (non-hydrogen) atoms. The Balaban J connectivity index is 2.63. The molecule has 0 spiro atoms. The molecule has 3 amide bonds. The molecule has 0 heterocycles. The number of ether oxygens (including phenoxy) is 1. The van der Waals surface area contributed by atoms with E-state index in [1.54, 1.807) is 0 Å². The normalized spacial score (nSPS) is 11.6. The number of urea groups is 1. The third-order valence-electron chi connectivity index (χ3n) is 2.04. The van der Waals surface area contributed by atoms with Crippen LogP contribution >= 0.6 is 11.6 Å². The Morgan fingerprint density at radius 2 is 2.11 bits per heavy atom. The Morgan fingerprint density at radius 1 is 1.44 bits per heavy atom. The van der Waals surface area contributed by atoms with Gasteiger partial charge in [-0.3, -0.25) is 10.1 Å². The van der Waals surface area contributed by atoms with E-state index in [2.05, 4.69) is 10.6 Å². The van der Waals surface area contributed by atoms with E-state index in [-0.39, 0.29) is 10.8 Å². The molecule has 0 saturated carbocycles. The van der Waals surface area contributed by atoms with Crippen LogP contribution in [0, 0.1) is 5.82 Å². The van der Waals surface area contributed by atoms with Gasteiger partial charge in [-0.1, -0.05) is 11.6 Å². The predicted octanol–water partition coefficient (Wildman–Crippen LogP) is 1.70. The van der Waals surface area contributed by atoms with Gasteiger partial charge in [0.15, 0.2) is 6.10 Å². The highest BCUT2D eigenvalue weighted by Gasteiger charge is 2.17. The van der Waals surface area contributed by atoms with Gasteiger partial charge in [0.25, 0.3) is 5.91 Å². The fourth-order valence-corrected chi connectivity index (χ4v) is 1.25. The first kappa shape index (κ1) is 14.2. The monoisotopic (exact) mass is 274 g/mol. The zero-order chi connectivity index (χ0) is 13.7. The smallest absolute Gasteiger partial charge is 0.321 e. The van der Waals surface area contributed by atoms with Crippen molar-refractivity contribution in [3.63, 3.8) is 0 Å². The maximum absolute atomic E-state index is 12.9. The van der Waals surface area contributed by atoms with Crippen molar-refractivity contribution in [3.8, 4) is 5.75 Å². The van der Waals surface area contributed by atoms with Crippen molar-refractivity contribution < 1.29 is 18.7 Å². The summed E-state index contributed by atoms with van der Waals surface area (Å²) in [6.45, 7) is 1.45. The van der Waals surface area contributed by atoms with Gasteiger partial charge in [0.05, 0.1) is 5.02 Å². The number of rotatable bonds is 3. The lowest BCUT2D eigenvalue weighted by Gasteiger charge is -2.14. The van der Waals surface area contributed by atoms with Crippen molar-refractivity contribution in [1.82, 2.24) is 10.6 Å². The topological polar surface area (TPSA) is 67.4 Å². The lowest BCUT2D eigenvalue weighted by molar-refractivity contribution is -0.126. The molecule has 2 N–H and O–H groups in total. The molecule has 0 saturated heterocycles. The number of hydrogen-bond acceptors (Lipinski definition) is 3. The van der Waals surface area contributed by atoms with E-state index in [0.717, 1.165) is 6.07 Å². The Labute approximate surface area is 108 Å². The van der Waals surface area contributed by atoms with Gasteiger partial charge in [0.1, 0.15) is 11.6 Å². The van der Waals surface area contributed by atoms with Gasteiger partial charge >= 0.3 is 6.03 Å². The summed E-state index contributed by atoms with van der Waals surface area (Å²) in [6.07, 6.45) is -0.913. The van der Waals surface area contributed by atoms with Crippen molar-refractivity contribution in [2.24, 2.45) is 0 Å². The summed E-state index contributed by atoms with van der Waals surface area (Å²) in [5.41, 5.74) is 0. The summed E-state index contributed by atoms with van der Waals surface area (Å²) in [5, 5.41) is 4.18. The van der Waals surface area contributed by atoms with Crippen molar-refractivity contribution >= 4 is 23.5 Å². The van der Waals surface area contributed by atoms with Crippen molar-refractivity contribution in [2.45, 2.75) is 13.0 Å². The van der Waals surface area contributed by atoms with Crippen LogP contribution in [0.25, 0.3) is 0 Å². The van der Waals surface area contributed by atoms with Crippen LogP contribution in [0.15, 0.2) is 18.2 Å². The summed E-state index contributed by atoms with van der Waals surface area (Å²) in [7, 11) is 1.38. The second kappa shape index (κ2) is 6.20. The third-order valence-corrected chi connectivity index (χ3v) is 2.33. The number of carbonyl (C=O) groups is 2. The van der Waals surface area contributed by atoms with Crippen molar-refractivity contribution in [1.29, 1.82) is 0 Å². The van der Waals surface area contributed by atoms with Crippen LogP contribution in [0.3, 0.4) is 0 Å². The number of nitrogens with one attached hydrogen (secondary N) is 2. The SMILES string of the molecule is CNC(=O)NC(=O)[C@@H](C)Oc1ccc(F)c(Cl)c1. The maximum Gasteiger partial charge on any atom is 0.321 e. The van der Waals surface area contributed by atoms with E-state index in [1.165, 1.54) is 26.1 Å². The summed E-state index contributed by atoms with van der Waals surface area (Å²) in [6, 6.07) is 3.08. The fraction of sp³-hybridized carbons (Fsp3) is 0.273. The van der Waals surface area contributed by atoms with Gasteiger partial charge < -0.3 is 10.1 Å². The molecular formula is C11H12ClFN2O3. The average Bonchev–Trinajstić information content (AvgIpc) is 2.33. The molecule has 1 atom stereocenters. The van der Waals surface area contributed by atoms with Crippen LogP contribution in [0.1, 0.15) is 6.92 Å². The van der Waals surface area contributed by atoms with Crippen LogP contribution in [0.4, 0.5) is 9.18 Å². The largest absolute Gasteiger partial charge is 0.481 e. The first-order valence-corrected chi connectivity index (χ1v) is 5.46. The minimum absolute atomic E-state index is 0.105. The summed E-state index contributed by atoms with van der Waals surface area (Å²) < 4.78 is 18.1. The van der Waals surface area contributed by atoms with E-state index in [1.807, 2.05) is 0 Å². The molecule has 0 aliphatic rings. The Bertz CT molecular complexity index is 468. The van der Waals surface area contributed by atoms with E-state index in [0.29, 0.717) is 0 Å². The maximum atomic E-state index is 12.9. The van der Waals surface area contributed by atoms with Gasteiger partial charge in [0, 0.05) is 13.1 Å². The standard InChI is InChI=1S/C11H12ClFN2O3/c1-6(10(16)15-11(17)14-2)18-7-3-4-9(13)8(12)5-7/h3-6H,1-2H3,(H2,14,15,16,17)/t6-/m1/s1. The highest BCUT2D eigenvalue weighted by atomic mass is 35.5. The minimum atomic E-state index is -0.913. The zero-order valence-corrected chi connectivity index (χ0v) is 10.5. The van der Waals surface area contributed by atoms with Gasteiger partial charge in [-0.15, -0.1) is 0 Å². The molecule has 0 aliphatic heterocycles. The van der Waals surface area contributed by atoms with Crippen molar-refractivity contribution in [3.05, 3.63) is 29.0 Å². The second-order valence-corrected chi connectivity index (χ2v) is 3.81. The molecule has 7 heteroatoms. The molecule has 0 aromatic heterocycles. The Morgan fingerprint density at radius 3 is 2.67 bits per heavy atom. The first-order valence-electron chi connectivity index (χ1n) is 5.08. The Kier molecular flexibility index (Phi) is 4.91. The molecule has 0 unspecified atom stereocenters. The Hall–Kier alpha value is -1.82. The van der Waals surface area contributed by atoms with Gasteiger partial charge in [-0.2, -0.15) is 0 Å². The van der Waals surface area contributed by atoms with Crippen LogP contribution < -0.4 is 15.4 Å². The molecular weight excluding hydrogens is 263 g/mol. The molecule has 1 rings (SSSR count). The van der Waals surface area contributed by atoms with E-state index < -0.39 is 23.9 Å². The molecule has 1 aromatic carbocycles. The number of halogens is 2. The van der Waals surface area contributed by atoms with Gasteiger partial charge in [0.2, 0.25) is 0 Å². The highest BCUT2D eigenvalue weighted by Crippen LogP contribution is 2.21. The molecule has 0 fully saturated rings. The van der Waals surface area contributed by atoms with E-state index in [9.17, 15) is 14.0 Å². The van der Waals surface area contributed by atoms with E-state index in [4.69, 9.17) is 16.3 Å². The third kappa shape index (κ3) is 3.89. The molecule has 0 bridgehead atoms. The average molecular weight is 275 g/mol. The van der Waals surface area contributed by atoms with Gasteiger partial charge in [-0.05, 0) is 19.1 Å². The predicted molar refractivity (Wildman–Crippen MR) is 64.1 cm³/mol. The lowest BCUT2D eigenvalue weighted by atomic mass is 10.3. The number of amides is 3. The summed E-state index contributed by atoms with van der Waals surface area (Å²) >= 11 is 5.56. The number of benzene rings is 1. The molecule has 98 valence electrons. The quantitative estimate of drug-likeness (QED) is 0.882. The lowest BCUT2D eigenvalue weighted by Crippen LogP contribution is -2.43. The second-order valence-electron chi connectivity index (χ2n) is 3.40. The van der Waals surface area contributed by atoms with Crippen LogP contribution in [-0.4, -0.2) is 25.1 Å². The zero-order valence-electron chi connectivity index (χ0n) is 9.79. The van der Waals surface area contributed by atoms with E-state index >= 15 is 0 Å². The first-order chi connectivity index (χ1) is 8.43. The minimum Gasteiger partial charge on any atom is -0.481 e. The number of imide groups is 1. The van der Waals surface area contributed by atoms with Gasteiger partial charge in [-0.25, -0.2) is 9.18 Å². The molecule has 1 aromatic rings. The highest BCUT2D eigenvalue weighted by molar-refractivity contribution is 6.30. The number of carbonyl (C=O) groups excluding carboxylic acids is 2. The molecule has 0 radical (unpaired) electrons. The molecule has 0 aliphatic carbocycles. The summed E-state index contributed by atoms with van der Waals surface area (Å²) in [5.74, 6) is -0.956. The van der Waals surface area contributed by atoms with Crippen molar-refractivity contribution in [2.75, 3.05) is 7.05 Å². The number of hydrogen-bond donors (Lipinski definition) is 2. The van der Waals surface area contributed by atoms with Crippen LogP contribution in [0.2, 0.25) is 5.02 Å². The fourth-order valence-electron chi connectivity index (χ4n) is 1.08. The summed E-state index contributed by atoms with van der Waals surface area (Å²) in [4.78, 5) is 22.4. The van der Waals surface area contributed by atoms with Crippen LogP contribution in [-0.2, 0) is 4.79 Å². The van der Waals surface area contributed by atoms with Crippen LogP contribution in [0.5, 0.6) is 5.75 Å². The molecule has 5 nitrogen and oxygen atoms in total.